The first-order valence-electron chi connectivity index (χ1n) is 4.64. The summed E-state index contributed by atoms with van der Waals surface area (Å²) in [5.74, 6) is -0.0654. The third-order valence-corrected chi connectivity index (χ3v) is 1.89. The largest absolute Gasteiger partial charge is 0.446 e. The topological polar surface area (TPSA) is 69.4 Å². The Morgan fingerprint density at radius 3 is 2.47 bits per heavy atom. The van der Waals surface area contributed by atoms with Crippen molar-refractivity contribution in [3.05, 3.63) is 35.9 Å². The standard InChI is InChI=1S/C11H13NO3/c1-8(15-11(12)14)7-10(13)9-5-3-2-4-6-9/h2-6,8H,7H2,1H3,(H2,12,14). The Kier molecular flexibility index (Phi) is 3.85. The van der Waals surface area contributed by atoms with Gasteiger partial charge in [0.25, 0.3) is 0 Å². The lowest BCUT2D eigenvalue weighted by Gasteiger charge is -2.09. The summed E-state index contributed by atoms with van der Waals surface area (Å²) in [4.78, 5) is 22.0. The molecule has 1 aromatic carbocycles. The van der Waals surface area contributed by atoms with Crippen LogP contribution in [0.4, 0.5) is 4.79 Å². The van der Waals surface area contributed by atoms with Crippen LogP contribution in [0.25, 0.3) is 0 Å². The van der Waals surface area contributed by atoms with Gasteiger partial charge in [-0.25, -0.2) is 4.79 Å². The number of Topliss-reactive ketones (excluding diaryl/α,β-unsaturated/α-hetero) is 1. The van der Waals surface area contributed by atoms with Crippen LogP contribution < -0.4 is 5.73 Å². The molecule has 1 amide bonds. The second-order valence-corrected chi connectivity index (χ2v) is 3.24. The van der Waals surface area contributed by atoms with E-state index >= 15 is 0 Å². The van der Waals surface area contributed by atoms with Crippen LogP contribution in [-0.2, 0) is 4.74 Å². The van der Waals surface area contributed by atoms with Crippen molar-refractivity contribution < 1.29 is 14.3 Å². The van der Waals surface area contributed by atoms with Gasteiger partial charge in [-0.2, -0.15) is 0 Å². The zero-order chi connectivity index (χ0) is 11.3. The molecule has 80 valence electrons. The predicted octanol–water partition coefficient (Wildman–Crippen LogP) is 1.74. The Labute approximate surface area is 88.0 Å². The molecule has 0 aliphatic rings. The van der Waals surface area contributed by atoms with E-state index in [1.165, 1.54) is 0 Å². The van der Waals surface area contributed by atoms with Gasteiger partial charge in [-0.05, 0) is 6.92 Å². The number of carbonyl (C=O) groups excluding carboxylic acids is 2. The van der Waals surface area contributed by atoms with E-state index in [0.717, 1.165) is 0 Å². The summed E-state index contributed by atoms with van der Waals surface area (Å²) in [7, 11) is 0. The number of amides is 1. The number of benzene rings is 1. The zero-order valence-corrected chi connectivity index (χ0v) is 8.47. The van der Waals surface area contributed by atoms with Gasteiger partial charge in [0.15, 0.2) is 5.78 Å². The summed E-state index contributed by atoms with van der Waals surface area (Å²) in [5, 5.41) is 0. The van der Waals surface area contributed by atoms with Crippen molar-refractivity contribution in [1.29, 1.82) is 0 Å². The average Bonchev–Trinajstić information content (AvgIpc) is 2.17. The first-order valence-corrected chi connectivity index (χ1v) is 4.64. The third-order valence-electron chi connectivity index (χ3n) is 1.89. The molecular formula is C11H13NO3. The Morgan fingerprint density at radius 1 is 1.33 bits per heavy atom. The molecule has 0 bridgehead atoms. The molecule has 0 saturated heterocycles. The Bertz CT molecular complexity index is 348. The van der Waals surface area contributed by atoms with Crippen molar-refractivity contribution in [3.63, 3.8) is 0 Å². The molecule has 15 heavy (non-hydrogen) atoms. The Hall–Kier alpha value is -1.84. The van der Waals surface area contributed by atoms with Gasteiger partial charge >= 0.3 is 6.09 Å². The van der Waals surface area contributed by atoms with E-state index in [-0.39, 0.29) is 12.2 Å². The lowest BCUT2D eigenvalue weighted by atomic mass is 10.1. The number of rotatable bonds is 4. The molecule has 0 aliphatic heterocycles. The van der Waals surface area contributed by atoms with E-state index in [1.54, 1.807) is 31.2 Å². The van der Waals surface area contributed by atoms with Crippen molar-refractivity contribution in [2.24, 2.45) is 5.73 Å². The van der Waals surface area contributed by atoms with Crippen LogP contribution in [0.1, 0.15) is 23.7 Å². The third kappa shape index (κ3) is 3.81. The normalized spacial score (nSPS) is 11.8. The summed E-state index contributed by atoms with van der Waals surface area (Å²) in [6, 6.07) is 8.85. The summed E-state index contributed by atoms with van der Waals surface area (Å²) in [6.07, 6.45) is -1.20. The van der Waals surface area contributed by atoms with Gasteiger partial charge in [0.05, 0.1) is 0 Å². The fourth-order valence-electron chi connectivity index (χ4n) is 1.24. The Balaban J connectivity index is 2.53. The van der Waals surface area contributed by atoms with Crippen LogP contribution in [0.15, 0.2) is 30.3 Å². The average molecular weight is 207 g/mol. The van der Waals surface area contributed by atoms with Crippen molar-refractivity contribution in [2.45, 2.75) is 19.4 Å². The number of nitrogens with two attached hydrogens (primary N) is 1. The van der Waals surface area contributed by atoms with Crippen molar-refractivity contribution in [2.75, 3.05) is 0 Å². The maximum Gasteiger partial charge on any atom is 0.404 e. The summed E-state index contributed by atoms with van der Waals surface area (Å²) in [5.41, 5.74) is 5.44. The summed E-state index contributed by atoms with van der Waals surface area (Å²) >= 11 is 0. The van der Waals surface area contributed by atoms with Crippen LogP contribution >= 0.6 is 0 Å². The molecule has 0 aromatic heterocycles. The highest BCUT2D eigenvalue weighted by Crippen LogP contribution is 2.07. The van der Waals surface area contributed by atoms with Gasteiger partial charge in [-0.3, -0.25) is 4.79 Å². The first kappa shape index (κ1) is 11.2. The predicted molar refractivity (Wildman–Crippen MR) is 55.5 cm³/mol. The fourth-order valence-corrected chi connectivity index (χ4v) is 1.24. The number of hydrogen-bond acceptors (Lipinski definition) is 3. The minimum absolute atomic E-state index is 0.0654. The highest BCUT2D eigenvalue weighted by atomic mass is 16.6. The summed E-state index contributed by atoms with van der Waals surface area (Å²) in [6.45, 7) is 1.63. The van der Waals surface area contributed by atoms with E-state index in [9.17, 15) is 9.59 Å². The molecule has 1 aromatic rings. The van der Waals surface area contributed by atoms with E-state index in [2.05, 4.69) is 4.74 Å². The molecule has 0 fully saturated rings. The number of ether oxygens (including phenoxy) is 1. The maximum atomic E-state index is 11.6. The lowest BCUT2D eigenvalue weighted by Crippen LogP contribution is -2.22. The van der Waals surface area contributed by atoms with Crippen molar-refractivity contribution in [1.82, 2.24) is 0 Å². The SMILES string of the molecule is CC(CC(=O)c1ccccc1)OC(N)=O. The van der Waals surface area contributed by atoms with Gasteiger partial charge < -0.3 is 10.5 Å². The number of primary amides is 1. The smallest absolute Gasteiger partial charge is 0.404 e. The van der Waals surface area contributed by atoms with Gasteiger partial charge in [-0.15, -0.1) is 0 Å². The molecule has 4 heteroatoms. The molecule has 0 spiro atoms. The van der Waals surface area contributed by atoms with Gasteiger partial charge in [-0.1, -0.05) is 30.3 Å². The van der Waals surface area contributed by atoms with E-state index in [4.69, 9.17) is 5.73 Å². The maximum absolute atomic E-state index is 11.6. The zero-order valence-electron chi connectivity index (χ0n) is 8.47. The van der Waals surface area contributed by atoms with Crippen LogP contribution in [-0.4, -0.2) is 18.0 Å². The minimum Gasteiger partial charge on any atom is -0.446 e. The highest BCUT2D eigenvalue weighted by molar-refractivity contribution is 5.96. The van der Waals surface area contributed by atoms with Gasteiger partial charge in [0.2, 0.25) is 0 Å². The minimum atomic E-state index is -0.858. The molecule has 4 nitrogen and oxygen atoms in total. The second kappa shape index (κ2) is 5.14. The van der Waals surface area contributed by atoms with Crippen LogP contribution in [0.2, 0.25) is 0 Å². The van der Waals surface area contributed by atoms with Gasteiger partial charge in [0.1, 0.15) is 6.10 Å². The molecule has 0 heterocycles. The van der Waals surface area contributed by atoms with Crippen molar-refractivity contribution in [3.8, 4) is 0 Å². The highest BCUT2D eigenvalue weighted by Gasteiger charge is 2.13. The van der Waals surface area contributed by atoms with Gasteiger partial charge in [0, 0.05) is 12.0 Å². The van der Waals surface area contributed by atoms with Crippen LogP contribution in [0.5, 0.6) is 0 Å². The van der Waals surface area contributed by atoms with E-state index in [1.807, 2.05) is 6.07 Å². The number of carbonyl (C=O) groups is 2. The Morgan fingerprint density at radius 2 is 1.93 bits per heavy atom. The van der Waals surface area contributed by atoms with E-state index < -0.39 is 12.2 Å². The van der Waals surface area contributed by atoms with Crippen LogP contribution in [0.3, 0.4) is 0 Å². The molecule has 1 rings (SSSR count). The molecule has 1 unspecified atom stereocenters. The summed E-state index contributed by atoms with van der Waals surface area (Å²) < 4.78 is 4.66. The van der Waals surface area contributed by atoms with Crippen LogP contribution in [0, 0.1) is 0 Å². The van der Waals surface area contributed by atoms with E-state index in [0.29, 0.717) is 5.56 Å². The molecule has 1 atom stereocenters. The monoisotopic (exact) mass is 207 g/mol. The first-order chi connectivity index (χ1) is 7.09. The molecule has 0 aliphatic carbocycles. The van der Waals surface area contributed by atoms with Crippen molar-refractivity contribution >= 4 is 11.9 Å². The quantitative estimate of drug-likeness (QED) is 0.764. The molecule has 0 saturated carbocycles. The second-order valence-electron chi connectivity index (χ2n) is 3.24. The molecule has 0 radical (unpaired) electrons. The lowest BCUT2D eigenvalue weighted by molar-refractivity contribution is 0.0833. The molecular weight excluding hydrogens is 194 g/mol. The number of ketones is 1. The fraction of sp³-hybridized carbons (Fsp3) is 0.273. The number of hydrogen-bond donors (Lipinski definition) is 1. The molecule has 2 N–H and O–H groups in total.